The number of piperazine rings is 1. The number of hydrogen-bond donors (Lipinski definition) is 2. The van der Waals surface area contributed by atoms with Crippen molar-refractivity contribution in [1.29, 1.82) is 0 Å². The number of amides is 3. The van der Waals surface area contributed by atoms with Crippen LogP contribution in [0.1, 0.15) is 47.1 Å². The van der Waals surface area contributed by atoms with Crippen LogP contribution in [0.15, 0.2) is 41.1 Å². The Morgan fingerprint density at radius 2 is 1.89 bits per heavy atom. The molecule has 288 valence electrons. The molecule has 0 bridgehead atoms. The number of ether oxygens (including phenoxy) is 2. The SMILES string of the molecule is CCOC(=O)Cc1noc2c3c(ccc12)CC(N1CCN2c4ccc(Nc5nc(N6CCCC(N7CCN(C)C7=O)C6)cnc5C(N)=O)cc4OC[C@H]2C1)C3. The van der Waals surface area contributed by atoms with Gasteiger partial charge in [-0.3, -0.25) is 14.5 Å². The molecule has 2 aromatic carbocycles. The minimum atomic E-state index is -0.673. The molecule has 3 saturated heterocycles. The van der Waals surface area contributed by atoms with E-state index in [4.69, 9.17) is 24.7 Å². The van der Waals surface area contributed by atoms with Crippen LogP contribution in [0.3, 0.4) is 0 Å². The van der Waals surface area contributed by atoms with Crippen LogP contribution in [-0.2, 0) is 28.8 Å². The normalized spacial score (nSPS) is 22.4. The van der Waals surface area contributed by atoms with E-state index in [-0.39, 0.29) is 42.0 Å². The Balaban J connectivity index is 0.865. The number of carbonyl (C=O) groups is 3. The zero-order valence-electron chi connectivity index (χ0n) is 31.2. The van der Waals surface area contributed by atoms with Crippen LogP contribution in [0.4, 0.5) is 27.8 Å². The van der Waals surface area contributed by atoms with E-state index in [1.807, 2.05) is 30.1 Å². The van der Waals surface area contributed by atoms with Crippen molar-refractivity contribution in [1.82, 2.24) is 29.8 Å². The fourth-order valence-electron chi connectivity index (χ4n) is 9.02. The van der Waals surface area contributed by atoms with Crippen molar-refractivity contribution in [2.45, 2.75) is 57.2 Å². The summed E-state index contributed by atoms with van der Waals surface area (Å²) in [6.07, 6.45) is 5.34. The summed E-state index contributed by atoms with van der Waals surface area (Å²) < 4.78 is 17.3. The summed E-state index contributed by atoms with van der Waals surface area (Å²) in [4.78, 5) is 57.4. The van der Waals surface area contributed by atoms with Gasteiger partial charge >= 0.3 is 12.0 Å². The van der Waals surface area contributed by atoms with E-state index in [9.17, 15) is 14.4 Å². The lowest BCUT2D eigenvalue weighted by Gasteiger charge is -2.47. The van der Waals surface area contributed by atoms with Crippen LogP contribution in [0.5, 0.6) is 5.75 Å². The minimum Gasteiger partial charge on any atom is -0.489 e. The lowest BCUT2D eigenvalue weighted by Crippen LogP contribution is -2.59. The van der Waals surface area contributed by atoms with Crippen molar-refractivity contribution in [2.75, 3.05) is 81.2 Å². The second-order valence-electron chi connectivity index (χ2n) is 15.1. The van der Waals surface area contributed by atoms with E-state index in [1.165, 1.54) is 11.1 Å². The third-order valence-corrected chi connectivity index (χ3v) is 11.8. The molecular weight excluding hydrogens is 704 g/mol. The van der Waals surface area contributed by atoms with Gasteiger partial charge in [0.05, 0.1) is 37.0 Å². The molecule has 4 aliphatic heterocycles. The summed E-state index contributed by atoms with van der Waals surface area (Å²) in [5, 5.41) is 8.42. The molecule has 0 radical (unpaired) electrons. The average Bonchev–Trinajstić information content (AvgIpc) is 3.91. The molecule has 1 aliphatic carbocycles. The number of likely N-dealkylation sites (N-methyl/N-ethyl adjacent to an activating group) is 1. The van der Waals surface area contributed by atoms with E-state index in [0.717, 1.165) is 87.4 Å². The number of rotatable bonds is 9. The van der Waals surface area contributed by atoms with Gasteiger partial charge in [0.15, 0.2) is 17.1 Å². The Hall–Kier alpha value is -5.64. The van der Waals surface area contributed by atoms with Gasteiger partial charge in [-0.2, -0.15) is 0 Å². The predicted molar refractivity (Wildman–Crippen MR) is 204 cm³/mol. The number of fused-ring (bicyclic) bond motifs is 6. The number of piperidine rings is 1. The molecule has 3 atom stereocenters. The number of anilines is 4. The number of nitrogens with one attached hydrogen (secondary N) is 1. The van der Waals surface area contributed by atoms with Gasteiger partial charge in [0.2, 0.25) is 0 Å². The molecule has 3 amide bonds. The standard InChI is InChI=1S/C39H46N10O6/c1-3-53-34(50)18-30-28-8-6-23-15-26(17-29(23)36(28)55-44-30)46-12-14-48-27(21-46)22-54-32-16-24(7-9-31(32)48)42-38-35(37(40)51)41-19-33(43-38)47-10-4-5-25(20-47)49-13-11-45(2)39(49)52/h6-9,16,19,25-27H,3-5,10-15,17-18,20-22H2,1-2H3,(H2,40,51)(H,42,43)/t25?,26?,27-/m1/s1. The lowest BCUT2D eigenvalue weighted by atomic mass is 10.0. The third kappa shape index (κ3) is 6.51. The van der Waals surface area contributed by atoms with Crippen molar-refractivity contribution in [3.63, 3.8) is 0 Å². The first kappa shape index (κ1) is 35.1. The first-order valence-corrected chi connectivity index (χ1v) is 19.3. The van der Waals surface area contributed by atoms with Crippen LogP contribution in [-0.4, -0.2) is 132 Å². The van der Waals surface area contributed by atoms with Gasteiger partial charge in [-0.15, -0.1) is 0 Å². The molecule has 55 heavy (non-hydrogen) atoms. The Labute approximate surface area is 318 Å². The number of urea groups is 1. The smallest absolute Gasteiger partial charge is 0.320 e. The fourth-order valence-corrected chi connectivity index (χ4v) is 9.02. The zero-order chi connectivity index (χ0) is 37.8. The maximum absolute atomic E-state index is 12.7. The van der Waals surface area contributed by atoms with Crippen LogP contribution >= 0.6 is 0 Å². The van der Waals surface area contributed by atoms with E-state index in [2.05, 4.69) is 42.3 Å². The number of carbonyl (C=O) groups excluding carboxylic acids is 3. The van der Waals surface area contributed by atoms with Gasteiger partial charge in [0, 0.05) is 81.6 Å². The number of nitrogens with two attached hydrogens (primary N) is 1. The molecule has 9 rings (SSSR count). The van der Waals surface area contributed by atoms with E-state index < -0.39 is 5.91 Å². The molecule has 16 heteroatoms. The number of nitrogens with zero attached hydrogens (tertiary/aromatic N) is 8. The molecule has 3 fully saturated rings. The average molecular weight is 751 g/mol. The maximum atomic E-state index is 12.7. The van der Waals surface area contributed by atoms with Gasteiger partial charge in [0.25, 0.3) is 5.91 Å². The highest BCUT2D eigenvalue weighted by Gasteiger charge is 2.39. The largest absolute Gasteiger partial charge is 0.489 e. The van der Waals surface area contributed by atoms with Crippen molar-refractivity contribution in [3.8, 4) is 5.75 Å². The number of primary amides is 1. The minimum absolute atomic E-state index is 0.0544. The van der Waals surface area contributed by atoms with Crippen molar-refractivity contribution < 1.29 is 28.4 Å². The molecule has 16 nitrogen and oxygen atoms in total. The van der Waals surface area contributed by atoms with Crippen molar-refractivity contribution in [3.05, 3.63) is 59.0 Å². The van der Waals surface area contributed by atoms with E-state index in [1.54, 1.807) is 18.0 Å². The molecule has 6 heterocycles. The van der Waals surface area contributed by atoms with Crippen LogP contribution in [0.25, 0.3) is 11.0 Å². The highest BCUT2D eigenvalue weighted by atomic mass is 16.5. The van der Waals surface area contributed by atoms with Crippen LogP contribution in [0, 0.1) is 0 Å². The maximum Gasteiger partial charge on any atom is 0.320 e. The first-order valence-electron chi connectivity index (χ1n) is 19.3. The molecule has 0 saturated carbocycles. The topological polar surface area (TPSA) is 176 Å². The Bertz CT molecular complexity index is 2160. The number of aromatic nitrogens is 3. The van der Waals surface area contributed by atoms with E-state index >= 15 is 0 Å². The lowest BCUT2D eigenvalue weighted by molar-refractivity contribution is -0.142. The fraction of sp³-hybridized carbons (Fsp3) is 0.487. The van der Waals surface area contributed by atoms with Gasteiger partial charge in [-0.25, -0.2) is 14.8 Å². The summed E-state index contributed by atoms with van der Waals surface area (Å²) >= 11 is 0. The molecule has 2 aromatic heterocycles. The molecule has 0 spiro atoms. The first-order chi connectivity index (χ1) is 26.7. The second kappa shape index (κ2) is 14.2. The Kier molecular flexibility index (Phi) is 9.07. The van der Waals surface area contributed by atoms with Gasteiger partial charge in [0.1, 0.15) is 23.9 Å². The second-order valence-corrected chi connectivity index (χ2v) is 15.1. The van der Waals surface area contributed by atoms with Crippen molar-refractivity contribution in [2.24, 2.45) is 5.73 Å². The van der Waals surface area contributed by atoms with Gasteiger partial charge in [-0.05, 0) is 56.4 Å². The number of benzene rings is 2. The number of esters is 1. The van der Waals surface area contributed by atoms with Gasteiger partial charge < -0.3 is 44.6 Å². The summed E-state index contributed by atoms with van der Waals surface area (Å²) in [6, 6.07) is 10.8. The van der Waals surface area contributed by atoms with Crippen LogP contribution < -0.4 is 25.6 Å². The highest BCUT2D eigenvalue weighted by molar-refractivity contribution is 5.96. The number of hydrogen-bond acceptors (Lipinski definition) is 13. The molecule has 4 aromatic rings. The summed E-state index contributed by atoms with van der Waals surface area (Å²) in [5.41, 5.74) is 11.4. The Morgan fingerprint density at radius 3 is 2.71 bits per heavy atom. The molecule has 2 unspecified atom stereocenters. The summed E-state index contributed by atoms with van der Waals surface area (Å²) in [6.45, 7) is 8.18. The van der Waals surface area contributed by atoms with Crippen molar-refractivity contribution >= 4 is 51.9 Å². The van der Waals surface area contributed by atoms with Crippen LogP contribution in [0.2, 0.25) is 0 Å². The molecular formula is C39H46N10O6. The monoisotopic (exact) mass is 750 g/mol. The van der Waals surface area contributed by atoms with E-state index in [0.29, 0.717) is 43.0 Å². The summed E-state index contributed by atoms with van der Waals surface area (Å²) in [7, 11) is 1.83. The third-order valence-electron chi connectivity index (χ3n) is 11.8. The quantitative estimate of drug-likeness (QED) is 0.239. The molecule has 3 N–H and O–H groups in total. The Morgan fingerprint density at radius 1 is 1.02 bits per heavy atom. The predicted octanol–water partition coefficient (Wildman–Crippen LogP) is 2.95. The molecule has 5 aliphatic rings. The van der Waals surface area contributed by atoms with Gasteiger partial charge in [-0.1, -0.05) is 11.2 Å². The summed E-state index contributed by atoms with van der Waals surface area (Å²) in [5.74, 6) is 0.692. The highest BCUT2D eigenvalue weighted by Crippen LogP contribution is 2.40. The zero-order valence-corrected chi connectivity index (χ0v) is 31.2.